The molecule has 0 fully saturated rings. The maximum Gasteiger partial charge on any atom is 0.352 e. The molecule has 4 nitrogen and oxygen atoms in total. The molecule has 2 aromatic rings. The number of carboxylic acid groups (broad SMARTS) is 1. The number of hydrogen-bond donors (Lipinski definition) is 2. The summed E-state index contributed by atoms with van der Waals surface area (Å²) < 4.78 is 1.71. The molecule has 0 amide bonds. The Hall–Kier alpha value is -1.97. The second-order valence-electron chi connectivity index (χ2n) is 4.04. The van der Waals surface area contributed by atoms with Crippen LogP contribution in [0.4, 0.5) is 0 Å². The summed E-state index contributed by atoms with van der Waals surface area (Å²) in [5.41, 5.74) is 0.989. The number of phenolic OH excluding ortho intramolecular Hbond substituents is 1. The van der Waals surface area contributed by atoms with Crippen LogP contribution in [-0.4, -0.2) is 20.7 Å². The average molecular weight is 219 g/mol. The first-order chi connectivity index (χ1) is 7.50. The van der Waals surface area contributed by atoms with Crippen LogP contribution < -0.4 is 0 Å². The summed E-state index contributed by atoms with van der Waals surface area (Å²) in [7, 11) is 0. The molecular weight excluding hydrogens is 206 g/mol. The van der Waals surface area contributed by atoms with Crippen LogP contribution in [0.25, 0.3) is 10.9 Å². The predicted molar refractivity (Wildman–Crippen MR) is 60.9 cm³/mol. The molecular formula is C12H13NO3. The number of phenols is 1. The van der Waals surface area contributed by atoms with E-state index < -0.39 is 5.97 Å². The highest BCUT2D eigenvalue weighted by atomic mass is 16.4. The summed E-state index contributed by atoms with van der Waals surface area (Å²) in [5.74, 6) is -0.811. The molecule has 0 radical (unpaired) electrons. The molecule has 1 heterocycles. The molecule has 0 saturated heterocycles. The Morgan fingerprint density at radius 2 is 2.00 bits per heavy atom. The van der Waals surface area contributed by atoms with Gasteiger partial charge in [-0.05, 0) is 32.0 Å². The summed E-state index contributed by atoms with van der Waals surface area (Å²) in [4.78, 5) is 11.1. The maximum atomic E-state index is 11.1. The van der Waals surface area contributed by atoms with Gasteiger partial charge in [0, 0.05) is 17.5 Å². The molecule has 2 rings (SSSR count). The molecule has 2 N–H and O–H groups in total. The molecule has 0 aliphatic rings. The van der Waals surface area contributed by atoms with Crippen molar-refractivity contribution in [2.24, 2.45) is 0 Å². The molecule has 0 spiro atoms. The summed E-state index contributed by atoms with van der Waals surface area (Å²) >= 11 is 0. The molecule has 1 aromatic carbocycles. The van der Waals surface area contributed by atoms with Crippen LogP contribution in [0.1, 0.15) is 30.4 Å². The summed E-state index contributed by atoms with van der Waals surface area (Å²) in [6.45, 7) is 3.83. The number of aromatic nitrogens is 1. The molecule has 4 heteroatoms. The average Bonchev–Trinajstić information content (AvgIpc) is 2.55. The molecule has 0 atom stereocenters. The third-order valence-corrected chi connectivity index (χ3v) is 2.56. The Balaban J connectivity index is 2.82. The fraction of sp³-hybridized carbons (Fsp3) is 0.250. The molecule has 1 aromatic heterocycles. The number of aromatic carboxylic acids is 1. The van der Waals surface area contributed by atoms with Gasteiger partial charge in [0.05, 0.1) is 5.52 Å². The van der Waals surface area contributed by atoms with Crippen molar-refractivity contribution in [1.82, 2.24) is 4.57 Å². The van der Waals surface area contributed by atoms with Crippen LogP contribution in [-0.2, 0) is 0 Å². The van der Waals surface area contributed by atoms with Gasteiger partial charge < -0.3 is 14.8 Å². The van der Waals surface area contributed by atoms with E-state index in [2.05, 4.69) is 0 Å². The molecule has 0 unspecified atom stereocenters. The number of rotatable bonds is 2. The minimum absolute atomic E-state index is 0.0328. The topological polar surface area (TPSA) is 62.5 Å². The van der Waals surface area contributed by atoms with Crippen molar-refractivity contribution >= 4 is 16.9 Å². The second-order valence-corrected chi connectivity index (χ2v) is 4.04. The molecule has 84 valence electrons. The van der Waals surface area contributed by atoms with E-state index in [1.807, 2.05) is 13.8 Å². The van der Waals surface area contributed by atoms with Crippen molar-refractivity contribution in [2.75, 3.05) is 0 Å². The molecule has 0 saturated carbocycles. The van der Waals surface area contributed by atoms with E-state index in [-0.39, 0.29) is 17.5 Å². The van der Waals surface area contributed by atoms with Gasteiger partial charge in [0.2, 0.25) is 0 Å². The molecule has 0 aliphatic carbocycles. The number of aromatic hydroxyl groups is 1. The van der Waals surface area contributed by atoms with Gasteiger partial charge in [-0.15, -0.1) is 0 Å². The van der Waals surface area contributed by atoms with E-state index in [1.54, 1.807) is 28.8 Å². The largest absolute Gasteiger partial charge is 0.508 e. The maximum absolute atomic E-state index is 11.1. The highest BCUT2D eigenvalue weighted by Crippen LogP contribution is 2.27. The SMILES string of the molecule is CC(C)n1c(C(=O)O)cc2ccc(O)cc21. The Labute approximate surface area is 92.7 Å². The quantitative estimate of drug-likeness (QED) is 0.816. The van der Waals surface area contributed by atoms with Gasteiger partial charge in [0.15, 0.2) is 0 Å². The third-order valence-electron chi connectivity index (χ3n) is 2.56. The zero-order chi connectivity index (χ0) is 11.9. The Kier molecular flexibility index (Phi) is 2.34. The van der Waals surface area contributed by atoms with Crippen LogP contribution in [0, 0.1) is 0 Å². The van der Waals surface area contributed by atoms with E-state index >= 15 is 0 Å². The van der Waals surface area contributed by atoms with Crippen molar-refractivity contribution in [3.8, 4) is 5.75 Å². The lowest BCUT2D eigenvalue weighted by atomic mass is 10.2. The van der Waals surface area contributed by atoms with Crippen molar-refractivity contribution in [2.45, 2.75) is 19.9 Å². The number of hydrogen-bond acceptors (Lipinski definition) is 2. The van der Waals surface area contributed by atoms with Crippen molar-refractivity contribution in [1.29, 1.82) is 0 Å². The Bertz CT molecular complexity index is 555. The van der Waals surface area contributed by atoms with E-state index in [0.717, 1.165) is 10.9 Å². The van der Waals surface area contributed by atoms with Crippen LogP contribution in [0.3, 0.4) is 0 Å². The highest BCUT2D eigenvalue weighted by molar-refractivity contribution is 5.95. The first-order valence-corrected chi connectivity index (χ1v) is 5.08. The zero-order valence-corrected chi connectivity index (χ0v) is 9.14. The smallest absolute Gasteiger partial charge is 0.352 e. The van der Waals surface area contributed by atoms with Crippen molar-refractivity contribution < 1.29 is 15.0 Å². The monoisotopic (exact) mass is 219 g/mol. The number of benzene rings is 1. The second kappa shape index (κ2) is 3.56. The minimum atomic E-state index is -0.954. The summed E-state index contributed by atoms with van der Waals surface area (Å²) in [5, 5.41) is 19.3. The summed E-state index contributed by atoms with van der Waals surface area (Å²) in [6.07, 6.45) is 0. The van der Waals surface area contributed by atoms with E-state index in [0.29, 0.717) is 0 Å². The van der Waals surface area contributed by atoms with Gasteiger partial charge in [-0.3, -0.25) is 0 Å². The van der Waals surface area contributed by atoms with Crippen LogP contribution in [0.5, 0.6) is 5.75 Å². The number of fused-ring (bicyclic) bond motifs is 1. The molecule has 0 aliphatic heterocycles. The van der Waals surface area contributed by atoms with Crippen LogP contribution in [0.2, 0.25) is 0 Å². The number of carboxylic acids is 1. The number of nitrogens with zero attached hydrogens (tertiary/aromatic N) is 1. The van der Waals surface area contributed by atoms with Gasteiger partial charge in [-0.25, -0.2) is 4.79 Å². The Morgan fingerprint density at radius 1 is 1.31 bits per heavy atom. The van der Waals surface area contributed by atoms with Crippen LogP contribution in [0.15, 0.2) is 24.3 Å². The standard InChI is InChI=1S/C12H13NO3/c1-7(2)13-10-6-9(14)4-3-8(10)5-11(13)12(15)16/h3-7,14H,1-2H3,(H,15,16). The lowest BCUT2D eigenvalue weighted by Crippen LogP contribution is -2.10. The lowest BCUT2D eigenvalue weighted by Gasteiger charge is -2.12. The number of carbonyl (C=O) groups is 1. The van der Waals surface area contributed by atoms with Crippen LogP contribution >= 0.6 is 0 Å². The fourth-order valence-electron chi connectivity index (χ4n) is 1.93. The summed E-state index contributed by atoms with van der Waals surface area (Å²) in [6, 6.07) is 6.51. The molecule has 0 bridgehead atoms. The Morgan fingerprint density at radius 3 is 2.56 bits per heavy atom. The van der Waals surface area contributed by atoms with Gasteiger partial charge in [0.25, 0.3) is 0 Å². The van der Waals surface area contributed by atoms with E-state index in [9.17, 15) is 9.90 Å². The van der Waals surface area contributed by atoms with Gasteiger partial charge in [0.1, 0.15) is 11.4 Å². The highest BCUT2D eigenvalue weighted by Gasteiger charge is 2.16. The minimum Gasteiger partial charge on any atom is -0.508 e. The zero-order valence-electron chi connectivity index (χ0n) is 9.14. The first kappa shape index (κ1) is 10.5. The van der Waals surface area contributed by atoms with Gasteiger partial charge in [-0.1, -0.05) is 0 Å². The lowest BCUT2D eigenvalue weighted by molar-refractivity contribution is 0.0684. The third kappa shape index (κ3) is 1.52. The normalized spacial score (nSPS) is 11.2. The predicted octanol–water partition coefficient (Wildman–Crippen LogP) is 2.63. The molecule has 16 heavy (non-hydrogen) atoms. The van der Waals surface area contributed by atoms with Gasteiger partial charge in [-0.2, -0.15) is 0 Å². The van der Waals surface area contributed by atoms with Crippen molar-refractivity contribution in [3.05, 3.63) is 30.0 Å². The van der Waals surface area contributed by atoms with Crippen molar-refractivity contribution in [3.63, 3.8) is 0 Å². The first-order valence-electron chi connectivity index (χ1n) is 5.08. The van der Waals surface area contributed by atoms with Gasteiger partial charge >= 0.3 is 5.97 Å². The van der Waals surface area contributed by atoms with E-state index in [4.69, 9.17) is 5.11 Å². The van der Waals surface area contributed by atoms with E-state index in [1.165, 1.54) is 0 Å². The fourth-order valence-corrected chi connectivity index (χ4v) is 1.93.